The SMILES string of the molecule is CC(O)CC(C)(C)CNC(=O)c1cnc(-c2cccs2)s1. The van der Waals surface area contributed by atoms with Gasteiger partial charge in [0.15, 0.2) is 0 Å². The van der Waals surface area contributed by atoms with Crippen LogP contribution in [-0.4, -0.2) is 28.6 Å². The van der Waals surface area contributed by atoms with Crippen molar-refractivity contribution in [1.29, 1.82) is 0 Å². The lowest BCUT2D eigenvalue weighted by Crippen LogP contribution is -2.35. The van der Waals surface area contributed by atoms with Crippen LogP contribution in [-0.2, 0) is 0 Å². The highest BCUT2D eigenvalue weighted by atomic mass is 32.1. The molecule has 6 heteroatoms. The molecule has 2 rings (SSSR count). The maximum absolute atomic E-state index is 12.2. The summed E-state index contributed by atoms with van der Waals surface area (Å²) in [5.74, 6) is -0.103. The average Bonchev–Trinajstić information content (AvgIpc) is 3.04. The zero-order valence-corrected chi connectivity index (χ0v) is 14.1. The third kappa shape index (κ3) is 4.62. The molecule has 2 heterocycles. The van der Waals surface area contributed by atoms with Gasteiger partial charge in [-0.05, 0) is 30.2 Å². The molecule has 0 aromatic carbocycles. The summed E-state index contributed by atoms with van der Waals surface area (Å²) in [6.45, 7) is 6.36. The van der Waals surface area contributed by atoms with Gasteiger partial charge >= 0.3 is 0 Å². The minimum Gasteiger partial charge on any atom is -0.393 e. The molecule has 2 aromatic heterocycles. The second-order valence-electron chi connectivity index (χ2n) is 5.91. The number of hydrogen-bond acceptors (Lipinski definition) is 5. The minimum absolute atomic E-state index is 0.103. The fourth-order valence-corrected chi connectivity index (χ4v) is 3.81. The number of amides is 1. The van der Waals surface area contributed by atoms with Crippen molar-refractivity contribution in [3.8, 4) is 9.88 Å². The van der Waals surface area contributed by atoms with E-state index in [-0.39, 0.29) is 17.4 Å². The summed E-state index contributed by atoms with van der Waals surface area (Å²) >= 11 is 3.02. The van der Waals surface area contributed by atoms with Crippen LogP contribution >= 0.6 is 22.7 Å². The molecule has 2 aromatic rings. The molecule has 0 fully saturated rings. The van der Waals surface area contributed by atoms with Crippen LogP contribution in [0.3, 0.4) is 0 Å². The maximum Gasteiger partial charge on any atom is 0.263 e. The van der Waals surface area contributed by atoms with Crippen molar-refractivity contribution in [2.75, 3.05) is 6.54 Å². The molecule has 0 spiro atoms. The quantitative estimate of drug-likeness (QED) is 0.856. The number of thiazole rings is 1. The van der Waals surface area contributed by atoms with Crippen molar-refractivity contribution >= 4 is 28.6 Å². The average molecular weight is 324 g/mol. The van der Waals surface area contributed by atoms with Crippen LogP contribution < -0.4 is 5.32 Å². The Morgan fingerprint density at radius 1 is 1.52 bits per heavy atom. The van der Waals surface area contributed by atoms with Gasteiger partial charge in [0, 0.05) is 6.54 Å². The summed E-state index contributed by atoms with van der Waals surface area (Å²) in [7, 11) is 0. The zero-order chi connectivity index (χ0) is 15.5. The molecule has 0 aliphatic rings. The van der Waals surface area contributed by atoms with E-state index in [1.165, 1.54) is 11.3 Å². The molecular formula is C15H20N2O2S2. The number of carbonyl (C=O) groups is 1. The van der Waals surface area contributed by atoms with Gasteiger partial charge in [-0.2, -0.15) is 0 Å². The Balaban J connectivity index is 1.95. The minimum atomic E-state index is -0.370. The van der Waals surface area contributed by atoms with Crippen LogP contribution in [0.4, 0.5) is 0 Å². The Hall–Kier alpha value is -1.24. The number of rotatable bonds is 6. The van der Waals surface area contributed by atoms with Crippen molar-refractivity contribution in [2.24, 2.45) is 5.41 Å². The van der Waals surface area contributed by atoms with Gasteiger partial charge in [0.2, 0.25) is 0 Å². The molecule has 0 aliphatic heterocycles. The second-order valence-corrected chi connectivity index (χ2v) is 7.89. The Morgan fingerprint density at radius 2 is 2.29 bits per heavy atom. The molecule has 2 N–H and O–H groups in total. The first-order valence-electron chi connectivity index (χ1n) is 6.83. The van der Waals surface area contributed by atoms with Gasteiger partial charge in [0.25, 0.3) is 5.91 Å². The molecule has 1 atom stereocenters. The molecule has 0 radical (unpaired) electrons. The van der Waals surface area contributed by atoms with Gasteiger partial charge < -0.3 is 10.4 Å². The predicted octanol–water partition coefficient (Wildman–Crippen LogP) is 3.40. The number of hydrogen-bond donors (Lipinski definition) is 2. The van der Waals surface area contributed by atoms with Crippen molar-refractivity contribution in [2.45, 2.75) is 33.3 Å². The third-order valence-electron chi connectivity index (χ3n) is 3.04. The van der Waals surface area contributed by atoms with Crippen molar-refractivity contribution in [3.63, 3.8) is 0 Å². The number of aliphatic hydroxyl groups excluding tert-OH is 1. The molecule has 0 saturated heterocycles. The lowest BCUT2D eigenvalue weighted by atomic mass is 9.87. The van der Waals surface area contributed by atoms with E-state index in [1.807, 2.05) is 31.4 Å². The largest absolute Gasteiger partial charge is 0.393 e. The van der Waals surface area contributed by atoms with Gasteiger partial charge in [-0.15, -0.1) is 22.7 Å². The number of thiophene rings is 1. The predicted molar refractivity (Wildman–Crippen MR) is 87.8 cm³/mol. The van der Waals surface area contributed by atoms with Crippen molar-refractivity contribution in [3.05, 3.63) is 28.6 Å². The number of nitrogens with zero attached hydrogens (tertiary/aromatic N) is 1. The summed E-state index contributed by atoms with van der Waals surface area (Å²) in [5.41, 5.74) is -0.134. The van der Waals surface area contributed by atoms with Crippen LogP contribution in [0.2, 0.25) is 0 Å². The van der Waals surface area contributed by atoms with Gasteiger partial charge in [-0.25, -0.2) is 4.98 Å². The summed E-state index contributed by atoms with van der Waals surface area (Å²) in [4.78, 5) is 18.2. The first-order chi connectivity index (χ1) is 9.87. The van der Waals surface area contributed by atoms with E-state index in [4.69, 9.17) is 0 Å². The third-order valence-corrected chi connectivity index (χ3v) is 5.07. The van der Waals surface area contributed by atoms with E-state index in [2.05, 4.69) is 10.3 Å². The highest BCUT2D eigenvalue weighted by Crippen LogP contribution is 2.29. The van der Waals surface area contributed by atoms with Crippen LogP contribution in [0.1, 0.15) is 36.9 Å². The van der Waals surface area contributed by atoms with Gasteiger partial charge in [0.1, 0.15) is 9.88 Å². The van der Waals surface area contributed by atoms with Gasteiger partial charge in [-0.3, -0.25) is 4.79 Å². The highest BCUT2D eigenvalue weighted by Gasteiger charge is 2.22. The van der Waals surface area contributed by atoms with E-state index in [9.17, 15) is 9.90 Å². The van der Waals surface area contributed by atoms with E-state index in [0.717, 1.165) is 9.88 Å². The van der Waals surface area contributed by atoms with Crippen molar-refractivity contribution in [1.82, 2.24) is 10.3 Å². The molecule has 0 saturated carbocycles. The fourth-order valence-electron chi connectivity index (χ4n) is 2.17. The number of aliphatic hydroxyl groups is 1. The molecule has 4 nitrogen and oxygen atoms in total. The smallest absolute Gasteiger partial charge is 0.263 e. The molecular weight excluding hydrogens is 304 g/mol. The topological polar surface area (TPSA) is 62.2 Å². The highest BCUT2D eigenvalue weighted by molar-refractivity contribution is 7.21. The van der Waals surface area contributed by atoms with Crippen LogP contribution in [0.15, 0.2) is 23.7 Å². The summed E-state index contributed by atoms with van der Waals surface area (Å²) in [5, 5.41) is 15.3. The lowest BCUT2D eigenvalue weighted by Gasteiger charge is -2.26. The summed E-state index contributed by atoms with van der Waals surface area (Å²) in [6.07, 6.45) is 1.90. The summed E-state index contributed by atoms with van der Waals surface area (Å²) < 4.78 is 0. The Kier molecular flexibility index (Phi) is 5.13. The second kappa shape index (κ2) is 6.68. The lowest BCUT2D eigenvalue weighted by molar-refractivity contribution is 0.0905. The Bertz CT molecular complexity index is 589. The van der Waals surface area contributed by atoms with E-state index >= 15 is 0 Å². The first kappa shape index (κ1) is 16.1. The van der Waals surface area contributed by atoms with E-state index < -0.39 is 0 Å². The van der Waals surface area contributed by atoms with Crippen LogP contribution in [0.25, 0.3) is 9.88 Å². The Morgan fingerprint density at radius 3 is 2.90 bits per heavy atom. The Labute approximate surface area is 132 Å². The standard InChI is InChI=1S/C15H20N2O2S2/c1-10(18)7-15(2,3)9-17-13(19)12-8-16-14(21-12)11-5-4-6-20-11/h4-6,8,10,18H,7,9H2,1-3H3,(H,17,19). The van der Waals surface area contributed by atoms with Crippen LogP contribution in [0, 0.1) is 5.41 Å². The molecule has 0 aliphatic carbocycles. The van der Waals surface area contributed by atoms with E-state index in [1.54, 1.807) is 24.5 Å². The van der Waals surface area contributed by atoms with Gasteiger partial charge in [-0.1, -0.05) is 19.9 Å². The molecule has 114 valence electrons. The van der Waals surface area contributed by atoms with E-state index in [0.29, 0.717) is 17.8 Å². The molecule has 21 heavy (non-hydrogen) atoms. The number of nitrogens with one attached hydrogen (secondary N) is 1. The monoisotopic (exact) mass is 324 g/mol. The summed E-state index contributed by atoms with van der Waals surface area (Å²) in [6, 6.07) is 3.97. The van der Waals surface area contributed by atoms with Crippen molar-refractivity contribution < 1.29 is 9.90 Å². The normalized spacial score (nSPS) is 13.1. The number of carbonyl (C=O) groups excluding carboxylic acids is 1. The maximum atomic E-state index is 12.2. The fraction of sp³-hybridized carbons (Fsp3) is 0.467. The van der Waals surface area contributed by atoms with Gasteiger partial charge in [0.05, 0.1) is 17.2 Å². The first-order valence-corrected chi connectivity index (χ1v) is 8.53. The van der Waals surface area contributed by atoms with Crippen LogP contribution in [0.5, 0.6) is 0 Å². The number of aromatic nitrogens is 1. The zero-order valence-electron chi connectivity index (χ0n) is 12.4. The molecule has 1 amide bonds. The molecule has 0 bridgehead atoms. The molecule has 1 unspecified atom stereocenters.